The molecule has 1 N–H and O–H groups in total. The Bertz CT molecular complexity index is 636. The Labute approximate surface area is 132 Å². The van der Waals surface area contributed by atoms with Crippen LogP contribution in [0.25, 0.3) is 0 Å². The zero-order chi connectivity index (χ0) is 15.4. The highest BCUT2D eigenvalue weighted by molar-refractivity contribution is 5.36. The molecule has 116 valence electrons. The predicted molar refractivity (Wildman–Crippen MR) is 87.4 cm³/mol. The van der Waals surface area contributed by atoms with Gasteiger partial charge in [-0.3, -0.25) is 0 Å². The SMILES string of the molecule is COc1ccccc1Cc1cc(C)nc(C2CCNCC2)n1. The van der Waals surface area contributed by atoms with E-state index in [1.54, 1.807) is 7.11 Å². The number of methoxy groups -OCH3 is 1. The molecular weight excluding hydrogens is 274 g/mol. The van der Waals surface area contributed by atoms with E-state index in [1.807, 2.05) is 18.2 Å². The van der Waals surface area contributed by atoms with Gasteiger partial charge < -0.3 is 10.1 Å². The number of aromatic nitrogens is 2. The quantitative estimate of drug-likeness (QED) is 0.942. The predicted octanol–water partition coefficient (Wildman–Crippen LogP) is 2.85. The topological polar surface area (TPSA) is 47.0 Å². The van der Waals surface area contributed by atoms with Crippen LogP contribution >= 0.6 is 0 Å². The summed E-state index contributed by atoms with van der Waals surface area (Å²) in [5.41, 5.74) is 3.29. The Kier molecular flexibility index (Phi) is 4.68. The van der Waals surface area contributed by atoms with Crippen molar-refractivity contribution in [2.75, 3.05) is 20.2 Å². The lowest BCUT2D eigenvalue weighted by Crippen LogP contribution is -2.27. The van der Waals surface area contributed by atoms with Gasteiger partial charge in [-0.05, 0) is 45.0 Å². The molecule has 1 aliphatic heterocycles. The van der Waals surface area contributed by atoms with Crippen molar-refractivity contribution < 1.29 is 4.74 Å². The van der Waals surface area contributed by atoms with Crippen LogP contribution in [-0.4, -0.2) is 30.2 Å². The van der Waals surface area contributed by atoms with E-state index in [0.29, 0.717) is 5.92 Å². The molecule has 0 unspecified atom stereocenters. The summed E-state index contributed by atoms with van der Waals surface area (Å²) in [6.07, 6.45) is 3.03. The highest BCUT2D eigenvalue weighted by Gasteiger charge is 2.19. The summed E-state index contributed by atoms with van der Waals surface area (Å²) in [4.78, 5) is 9.51. The lowest BCUT2D eigenvalue weighted by molar-refractivity contribution is 0.410. The van der Waals surface area contributed by atoms with Gasteiger partial charge in [0.2, 0.25) is 0 Å². The number of para-hydroxylation sites is 1. The van der Waals surface area contributed by atoms with Gasteiger partial charge in [-0.1, -0.05) is 18.2 Å². The van der Waals surface area contributed by atoms with Crippen molar-refractivity contribution in [1.29, 1.82) is 0 Å². The number of rotatable bonds is 4. The van der Waals surface area contributed by atoms with Gasteiger partial charge >= 0.3 is 0 Å². The van der Waals surface area contributed by atoms with Gasteiger partial charge in [0.15, 0.2) is 0 Å². The second kappa shape index (κ2) is 6.88. The van der Waals surface area contributed by atoms with Crippen LogP contribution in [0.4, 0.5) is 0 Å². The molecule has 0 amide bonds. The van der Waals surface area contributed by atoms with Gasteiger partial charge in [0, 0.05) is 29.3 Å². The molecule has 22 heavy (non-hydrogen) atoms. The number of piperidine rings is 1. The zero-order valence-electron chi connectivity index (χ0n) is 13.3. The van der Waals surface area contributed by atoms with E-state index in [1.165, 1.54) is 5.56 Å². The molecular formula is C18H23N3O. The van der Waals surface area contributed by atoms with Crippen molar-refractivity contribution in [3.8, 4) is 5.75 Å². The molecule has 4 heteroatoms. The number of aryl methyl sites for hydroxylation is 1. The lowest BCUT2D eigenvalue weighted by atomic mass is 9.97. The molecule has 1 aromatic carbocycles. The second-order valence-corrected chi connectivity index (χ2v) is 5.87. The van der Waals surface area contributed by atoms with Gasteiger partial charge in [-0.15, -0.1) is 0 Å². The fourth-order valence-electron chi connectivity index (χ4n) is 3.06. The Morgan fingerprint density at radius 3 is 2.73 bits per heavy atom. The minimum absolute atomic E-state index is 0.484. The summed E-state index contributed by atoms with van der Waals surface area (Å²) < 4.78 is 5.44. The van der Waals surface area contributed by atoms with Crippen LogP contribution in [0, 0.1) is 6.92 Å². The molecule has 0 bridgehead atoms. The van der Waals surface area contributed by atoms with Crippen molar-refractivity contribution in [3.05, 3.63) is 53.1 Å². The van der Waals surface area contributed by atoms with Crippen LogP contribution in [0.2, 0.25) is 0 Å². The summed E-state index contributed by atoms with van der Waals surface area (Å²) >= 11 is 0. The number of hydrogen-bond donors (Lipinski definition) is 1. The summed E-state index contributed by atoms with van der Waals surface area (Å²) in [6.45, 7) is 4.17. The summed E-state index contributed by atoms with van der Waals surface area (Å²) in [7, 11) is 1.71. The van der Waals surface area contributed by atoms with Crippen LogP contribution < -0.4 is 10.1 Å². The lowest BCUT2D eigenvalue weighted by Gasteiger charge is -2.22. The first-order valence-electron chi connectivity index (χ1n) is 7.93. The molecule has 2 aromatic rings. The molecule has 0 spiro atoms. The number of benzene rings is 1. The monoisotopic (exact) mass is 297 g/mol. The molecule has 0 saturated carbocycles. The van der Waals surface area contributed by atoms with Crippen LogP contribution in [0.15, 0.2) is 30.3 Å². The summed E-state index contributed by atoms with van der Waals surface area (Å²) in [6, 6.07) is 10.2. The van der Waals surface area contributed by atoms with Crippen molar-refractivity contribution in [2.45, 2.75) is 32.1 Å². The van der Waals surface area contributed by atoms with Crippen LogP contribution in [-0.2, 0) is 6.42 Å². The molecule has 1 aliphatic rings. The molecule has 4 nitrogen and oxygen atoms in total. The molecule has 0 atom stereocenters. The van der Waals surface area contributed by atoms with Gasteiger partial charge in [-0.25, -0.2) is 9.97 Å². The van der Waals surface area contributed by atoms with Crippen molar-refractivity contribution in [2.24, 2.45) is 0 Å². The minimum Gasteiger partial charge on any atom is -0.496 e. The van der Waals surface area contributed by atoms with Crippen molar-refractivity contribution in [1.82, 2.24) is 15.3 Å². The Balaban J connectivity index is 1.85. The highest BCUT2D eigenvalue weighted by Crippen LogP contribution is 2.24. The maximum atomic E-state index is 5.44. The molecule has 1 fully saturated rings. The van der Waals surface area contributed by atoms with E-state index in [0.717, 1.165) is 55.3 Å². The third-order valence-corrected chi connectivity index (χ3v) is 4.19. The smallest absolute Gasteiger partial charge is 0.132 e. The first-order chi connectivity index (χ1) is 10.8. The highest BCUT2D eigenvalue weighted by atomic mass is 16.5. The summed E-state index contributed by atoms with van der Waals surface area (Å²) in [5, 5.41) is 3.40. The van der Waals surface area contributed by atoms with E-state index >= 15 is 0 Å². The van der Waals surface area contributed by atoms with Crippen LogP contribution in [0.1, 0.15) is 41.5 Å². The molecule has 2 heterocycles. The zero-order valence-corrected chi connectivity index (χ0v) is 13.3. The Morgan fingerprint density at radius 2 is 1.95 bits per heavy atom. The third-order valence-electron chi connectivity index (χ3n) is 4.19. The van der Waals surface area contributed by atoms with Crippen molar-refractivity contribution in [3.63, 3.8) is 0 Å². The largest absolute Gasteiger partial charge is 0.496 e. The van der Waals surface area contributed by atoms with Gasteiger partial charge in [-0.2, -0.15) is 0 Å². The summed E-state index contributed by atoms with van der Waals surface area (Å²) in [5.74, 6) is 2.41. The maximum absolute atomic E-state index is 5.44. The van der Waals surface area contributed by atoms with Gasteiger partial charge in [0.25, 0.3) is 0 Å². The number of nitrogens with zero attached hydrogens (tertiary/aromatic N) is 2. The second-order valence-electron chi connectivity index (χ2n) is 5.87. The van der Waals surface area contributed by atoms with Gasteiger partial charge in [0.05, 0.1) is 7.11 Å². The number of hydrogen-bond acceptors (Lipinski definition) is 4. The van der Waals surface area contributed by atoms with E-state index in [2.05, 4.69) is 29.4 Å². The molecule has 1 aromatic heterocycles. The first kappa shape index (κ1) is 15.0. The number of ether oxygens (including phenoxy) is 1. The van der Waals surface area contributed by atoms with E-state index < -0.39 is 0 Å². The molecule has 3 rings (SSSR count). The molecule has 0 aliphatic carbocycles. The third kappa shape index (κ3) is 3.45. The Morgan fingerprint density at radius 1 is 1.18 bits per heavy atom. The van der Waals surface area contributed by atoms with E-state index in [9.17, 15) is 0 Å². The van der Waals surface area contributed by atoms with Crippen LogP contribution in [0.5, 0.6) is 5.75 Å². The Hall–Kier alpha value is -1.94. The van der Waals surface area contributed by atoms with Crippen LogP contribution in [0.3, 0.4) is 0 Å². The fraction of sp³-hybridized carbons (Fsp3) is 0.444. The fourth-order valence-corrected chi connectivity index (χ4v) is 3.06. The molecule has 0 radical (unpaired) electrons. The molecule has 1 saturated heterocycles. The standard InChI is InChI=1S/C18H23N3O/c1-13-11-16(12-15-5-3-4-6-17(15)22-2)21-18(20-13)14-7-9-19-10-8-14/h3-6,11,14,19H,7-10,12H2,1-2H3. The van der Waals surface area contributed by atoms with Gasteiger partial charge in [0.1, 0.15) is 11.6 Å². The average Bonchev–Trinajstić information content (AvgIpc) is 2.56. The minimum atomic E-state index is 0.484. The van der Waals surface area contributed by atoms with Crippen molar-refractivity contribution >= 4 is 0 Å². The first-order valence-corrected chi connectivity index (χ1v) is 7.93. The number of nitrogens with one attached hydrogen (secondary N) is 1. The maximum Gasteiger partial charge on any atom is 0.132 e. The average molecular weight is 297 g/mol. The normalized spacial score (nSPS) is 15.7. The van der Waals surface area contributed by atoms with E-state index in [4.69, 9.17) is 9.72 Å². The van der Waals surface area contributed by atoms with E-state index in [-0.39, 0.29) is 0 Å².